The van der Waals surface area contributed by atoms with Gasteiger partial charge >= 0.3 is 5.97 Å². The van der Waals surface area contributed by atoms with Gasteiger partial charge in [0, 0.05) is 19.6 Å². The fraction of sp³-hybridized carbons (Fsp3) is 0.857. The van der Waals surface area contributed by atoms with Gasteiger partial charge < -0.3 is 19.8 Å². The number of carboxylic acid groups (broad SMARTS) is 1. The highest BCUT2D eigenvalue weighted by Gasteiger charge is 2.39. The Morgan fingerprint density at radius 2 is 1.90 bits per heavy atom. The highest BCUT2D eigenvalue weighted by atomic mass is 16.5. The van der Waals surface area contributed by atoms with E-state index in [1.54, 1.807) is 9.80 Å². The predicted octanol–water partition coefficient (Wildman–Crippen LogP) is -0.466. The van der Waals surface area contributed by atoms with E-state index in [0.717, 1.165) is 0 Å². The van der Waals surface area contributed by atoms with Gasteiger partial charge in [-0.1, -0.05) is 0 Å². The van der Waals surface area contributed by atoms with Crippen LogP contribution in [0.15, 0.2) is 0 Å². The summed E-state index contributed by atoms with van der Waals surface area (Å²) in [5.74, 6) is -1.04. The molecular weight excluding hydrogens is 276 g/mol. The van der Waals surface area contributed by atoms with Gasteiger partial charge in [0.05, 0.1) is 24.9 Å². The first kappa shape index (κ1) is 16.2. The molecule has 120 valence electrons. The van der Waals surface area contributed by atoms with Gasteiger partial charge in [-0.15, -0.1) is 0 Å². The lowest BCUT2D eigenvalue weighted by molar-refractivity contribution is -0.164. The number of nitrogens with zero attached hydrogens (tertiary/aromatic N) is 2. The maximum absolute atomic E-state index is 12.3. The fourth-order valence-corrected chi connectivity index (χ4v) is 2.84. The summed E-state index contributed by atoms with van der Waals surface area (Å²) in [6.45, 7) is 5.43. The molecule has 1 unspecified atom stereocenters. The van der Waals surface area contributed by atoms with Gasteiger partial charge in [-0.05, 0) is 26.7 Å². The Kier molecular flexibility index (Phi) is 4.85. The second-order valence-corrected chi connectivity index (χ2v) is 6.44. The Hall–Kier alpha value is -1.18. The van der Waals surface area contributed by atoms with Crippen LogP contribution in [0.2, 0.25) is 0 Å². The van der Waals surface area contributed by atoms with E-state index in [9.17, 15) is 19.8 Å². The summed E-state index contributed by atoms with van der Waals surface area (Å²) in [6.07, 6.45) is 0.842. The van der Waals surface area contributed by atoms with Gasteiger partial charge in [0.2, 0.25) is 5.91 Å². The predicted molar refractivity (Wildman–Crippen MR) is 74.8 cm³/mol. The van der Waals surface area contributed by atoms with Crippen molar-refractivity contribution in [1.82, 2.24) is 9.80 Å². The highest BCUT2D eigenvalue weighted by molar-refractivity contribution is 5.80. The second-order valence-electron chi connectivity index (χ2n) is 6.44. The Morgan fingerprint density at radius 3 is 2.48 bits per heavy atom. The Balaban J connectivity index is 1.97. The van der Waals surface area contributed by atoms with E-state index >= 15 is 0 Å². The van der Waals surface area contributed by atoms with Crippen LogP contribution < -0.4 is 0 Å². The van der Waals surface area contributed by atoms with Gasteiger partial charge in [0.25, 0.3) is 0 Å². The third kappa shape index (κ3) is 4.15. The number of aliphatic hydroxyl groups excluding tert-OH is 1. The molecule has 0 aromatic rings. The minimum absolute atomic E-state index is 0.0779. The topological polar surface area (TPSA) is 90.3 Å². The Labute approximate surface area is 124 Å². The first-order valence-corrected chi connectivity index (χ1v) is 7.35. The lowest BCUT2D eigenvalue weighted by atomic mass is 10.0. The molecule has 2 N–H and O–H groups in total. The third-order valence-electron chi connectivity index (χ3n) is 4.10. The number of hydrogen-bond donors (Lipinski definition) is 2. The number of carboxylic acids is 1. The van der Waals surface area contributed by atoms with Crippen molar-refractivity contribution in [3.8, 4) is 0 Å². The highest BCUT2D eigenvalue weighted by Crippen LogP contribution is 2.21. The summed E-state index contributed by atoms with van der Waals surface area (Å²) >= 11 is 0. The third-order valence-corrected chi connectivity index (χ3v) is 4.10. The monoisotopic (exact) mass is 300 g/mol. The van der Waals surface area contributed by atoms with Crippen molar-refractivity contribution >= 4 is 11.9 Å². The maximum atomic E-state index is 12.3. The molecule has 7 heteroatoms. The SMILES string of the molecule is CC1(C)CN(CC(=O)N2CCC(O)CC2)C(C(=O)O)CO1. The fourth-order valence-electron chi connectivity index (χ4n) is 2.84. The summed E-state index contributed by atoms with van der Waals surface area (Å²) in [7, 11) is 0. The number of rotatable bonds is 3. The summed E-state index contributed by atoms with van der Waals surface area (Å²) in [5.41, 5.74) is -0.454. The summed E-state index contributed by atoms with van der Waals surface area (Å²) in [6, 6.07) is -0.780. The van der Waals surface area contributed by atoms with Gasteiger partial charge in [0.15, 0.2) is 0 Å². The molecule has 7 nitrogen and oxygen atoms in total. The van der Waals surface area contributed by atoms with Crippen LogP contribution in [0.3, 0.4) is 0 Å². The minimum atomic E-state index is -0.965. The number of aliphatic hydroxyl groups is 1. The van der Waals surface area contributed by atoms with Crippen LogP contribution in [-0.4, -0.2) is 82.4 Å². The van der Waals surface area contributed by atoms with Crippen molar-refractivity contribution < 1.29 is 24.5 Å². The molecule has 2 aliphatic heterocycles. The van der Waals surface area contributed by atoms with Crippen LogP contribution in [0.25, 0.3) is 0 Å². The standard InChI is InChI=1S/C14H24N2O5/c1-14(2)9-16(11(8-21-14)13(19)20)7-12(18)15-5-3-10(17)4-6-15/h10-11,17H,3-9H2,1-2H3,(H,19,20). The zero-order chi connectivity index (χ0) is 15.6. The molecule has 0 aliphatic carbocycles. The smallest absolute Gasteiger partial charge is 0.323 e. The molecule has 0 radical (unpaired) electrons. The van der Waals surface area contributed by atoms with Crippen LogP contribution in [0, 0.1) is 0 Å². The van der Waals surface area contributed by atoms with E-state index in [1.807, 2.05) is 13.8 Å². The van der Waals surface area contributed by atoms with Crippen molar-refractivity contribution in [2.45, 2.75) is 44.4 Å². The molecule has 1 atom stereocenters. The lowest BCUT2D eigenvalue weighted by Crippen LogP contribution is -2.59. The van der Waals surface area contributed by atoms with E-state index in [-0.39, 0.29) is 25.2 Å². The zero-order valence-electron chi connectivity index (χ0n) is 12.6. The summed E-state index contributed by atoms with van der Waals surface area (Å²) < 4.78 is 5.53. The van der Waals surface area contributed by atoms with Crippen LogP contribution in [0.1, 0.15) is 26.7 Å². The molecule has 0 bridgehead atoms. The molecular formula is C14H24N2O5. The van der Waals surface area contributed by atoms with Crippen LogP contribution >= 0.6 is 0 Å². The normalized spacial score (nSPS) is 27.6. The summed E-state index contributed by atoms with van der Waals surface area (Å²) in [4.78, 5) is 27.0. The Morgan fingerprint density at radius 1 is 1.29 bits per heavy atom. The van der Waals surface area contributed by atoms with Crippen LogP contribution in [-0.2, 0) is 14.3 Å². The number of likely N-dealkylation sites (tertiary alicyclic amines) is 1. The lowest BCUT2D eigenvalue weighted by Gasteiger charge is -2.42. The number of carbonyl (C=O) groups excluding carboxylic acids is 1. The first-order valence-electron chi connectivity index (χ1n) is 7.35. The van der Waals surface area contributed by atoms with Gasteiger partial charge in [-0.2, -0.15) is 0 Å². The molecule has 0 saturated carbocycles. The van der Waals surface area contributed by atoms with Crippen LogP contribution in [0.4, 0.5) is 0 Å². The quantitative estimate of drug-likeness (QED) is 0.732. The Bertz CT molecular complexity index is 404. The molecule has 1 amide bonds. The van der Waals surface area contributed by atoms with E-state index in [0.29, 0.717) is 32.5 Å². The number of morpholine rings is 1. The molecule has 21 heavy (non-hydrogen) atoms. The van der Waals surface area contributed by atoms with Crippen molar-refractivity contribution in [3.63, 3.8) is 0 Å². The number of piperidine rings is 1. The molecule has 2 rings (SSSR count). The number of aliphatic carboxylic acids is 1. The average molecular weight is 300 g/mol. The van der Waals surface area contributed by atoms with Crippen molar-refractivity contribution in [2.24, 2.45) is 0 Å². The van der Waals surface area contributed by atoms with Crippen LogP contribution in [0.5, 0.6) is 0 Å². The van der Waals surface area contributed by atoms with Crippen molar-refractivity contribution in [3.05, 3.63) is 0 Å². The second kappa shape index (κ2) is 6.29. The number of ether oxygens (including phenoxy) is 1. The number of carbonyl (C=O) groups is 2. The van der Waals surface area contributed by atoms with Gasteiger partial charge in [-0.25, -0.2) is 0 Å². The molecule has 2 heterocycles. The minimum Gasteiger partial charge on any atom is -0.480 e. The number of amides is 1. The molecule has 0 spiro atoms. The average Bonchev–Trinajstić information content (AvgIpc) is 2.38. The summed E-state index contributed by atoms with van der Waals surface area (Å²) in [5, 5.41) is 18.7. The maximum Gasteiger partial charge on any atom is 0.323 e. The van der Waals surface area contributed by atoms with E-state index < -0.39 is 17.6 Å². The van der Waals surface area contributed by atoms with E-state index in [1.165, 1.54) is 0 Å². The molecule has 0 aromatic heterocycles. The first-order chi connectivity index (χ1) is 9.78. The van der Waals surface area contributed by atoms with E-state index in [2.05, 4.69) is 0 Å². The molecule has 2 aliphatic rings. The molecule has 2 saturated heterocycles. The zero-order valence-corrected chi connectivity index (χ0v) is 12.6. The molecule has 2 fully saturated rings. The van der Waals surface area contributed by atoms with Crippen molar-refractivity contribution in [2.75, 3.05) is 32.8 Å². The number of hydrogen-bond acceptors (Lipinski definition) is 5. The van der Waals surface area contributed by atoms with Gasteiger partial charge in [-0.3, -0.25) is 14.5 Å². The molecule has 0 aromatic carbocycles. The van der Waals surface area contributed by atoms with E-state index in [4.69, 9.17) is 4.74 Å². The largest absolute Gasteiger partial charge is 0.480 e. The van der Waals surface area contributed by atoms with Crippen molar-refractivity contribution in [1.29, 1.82) is 0 Å². The van der Waals surface area contributed by atoms with Gasteiger partial charge in [0.1, 0.15) is 6.04 Å².